The van der Waals surface area contributed by atoms with Crippen LogP contribution in [0.5, 0.6) is 0 Å². The minimum Gasteiger partial charge on any atom is -0.394 e. The molecule has 0 radical (unpaired) electrons. The maximum atomic E-state index is 12.4. The molecule has 2 N–H and O–H groups in total. The third-order valence-corrected chi connectivity index (χ3v) is 4.33. The Bertz CT molecular complexity index is 700. The lowest BCUT2D eigenvalue weighted by molar-refractivity contribution is 0.0820. The highest BCUT2D eigenvalue weighted by Gasteiger charge is 2.42. The van der Waals surface area contributed by atoms with Gasteiger partial charge in [-0.05, 0) is 43.9 Å². The summed E-state index contributed by atoms with van der Waals surface area (Å²) in [5.41, 5.74) is 0.458. The summed E-state index contributed by atoms with van der Waals surface area (Å²) < 4.78 is 0. The molecule has 2 aromatic rings. The number of hydrogen-bond acceptors (Lipinski definition) is 3. The van der Waals surface area contributed by atoms with Gasteiger partial charge in [0.25, 0.3) is 5.91 Å². The second-order valence-corrected chi connectivity index (χ2v) is 6.27. The van der Waals surface area contributed by atoms with E-state index in [0.29, 0.717) is 22.2 Å². The first kappa shape index (κ1) is 14.3. The number of carbonyl (C=O) groups is 1. The molecule has 3 rings (SSSR count). The van der Waals surface area contributed by atoms with Gasteiger partial charge in [-0.3, -0.25) is 4.79 Å². The van der Waals surface area contributed by atoms with E-state index in [1.807, 2.05) is 19.1 Å². The highest BCUT2D eigenvalue weighted by molar-refractivity contribution is 6.31. The monoisotopic (exact) mass is 304 g/mol. The van der Waals surface area contributed by atoms with Gasteiger partial charge >= 0.3 is 0 Å². The lowest BCUT2D eigenvalue weighted by Gasteiger charge is -2.28. The molecule has 1 amide bonds. The van der Waals surface area contributed by atoms with Crippen molar-refractivity contribution >= 4 is 28.4 Å². The Morgan fingerprint density at radius 3 is 2.81 bits per heavy atom. The van der Waals surface area contributed by atoms with E-state index >= 15 is 0 Å². The number of nitrogens with zero attached hydrogens (tertiary/aromatic N) is 1. The third kappa shape index (κ3) is 2.87. The predicted octanol–water partition coefficient (Wildman–Crippen LogP) is 2.78. The number of aliphatic hydroxyl groups excluding tert-OH is 1. The van der Waals surface area contributed by atoms with Crippen molar-refractivity contribution in [3.05, 3.63) is 41.0 Å². The summed E-state index contributed by atoms with van der Waals surface area (Å²) in [6.07, 6.45) is 2.08. The van der Waals surface area contributed by atoms with Crippen LogP contribution in [0.1, 0.15) is 30.3 Å². The fourth-order valence-electron chi connectivity index (χ4n) is 2.53. The van der Waals surface area contributed by atoms with Crippen molar-refractivity contribution in [1.82, 2.24) is 10.3 Å². The lowest BCUT2D eigenvalue weighted by atomic mass is 9.96. The van der Waals surface area contributed by atoms with Gasteiger partial charge in [-0.1, -0.05) is 23.7 Å². The van der Waals surface area contributed by atoms with Crippen LogP contribution < -0.4 is 5.32 Å². The summed E-state index contributed by atoms with van der Waals surface area (Å²) in [5, 5.41) is 14.0. The molecule has 1 aromatic carbocycles. The lowest BCUT2D eigenvalue weighted by Crippen LogP contribution is -2.50. The number of hydrogen-bond donors (Lipinski definition) is 2. The van der Waals surface area contributed by atoms with Gasteiger partial charge in [0.1, 0.15) is 5.69 Å². The second-order valence-electron chi connectivity index (χ2n) is 5.84. The normalized spacial score (nSPS) is 17.5. The molecule has 1 heterocycles. The topological polar surface area (TPSA) is 62.2 Å². The Balaban J connectivity index is 1.87. The molecule has 5 heteroatoms. The predicted molar refractivity (Wildman–Crippen MR) is 82.4 cm³/mol. The van der Waals surface area contributed by atoms with Gasteiger partial charge < -0.3 is 10.4 Å². The Kier molecular flexibility index (Phi) is 3.59. The van der Waals surface area contributed by atoms with Gasteiger partial charge in [0.05, 0.1) is 17.7 Å². The zero-order valence-electron chi connectivity index (χ0n) is 11.8. The quantitative estimate of drug-likeness (QED) is 0.913. The first-order chi connectivity index (χ1) is 10.0. The van der Waals surface area contributed by atoms with Crippen LogP contribution in [0.15, 0.2) is 30.3 Å². The number of amides is 1. The Morgan fingerprint density at radius 2 is 2.14 bits per heavy atom. The van der Waals surface area contributed by atoms with E-state index in [9.17, 15) is 9.90 Å². The Hall–Kier alpha value is -1.65. The molecule has 0 spiro atoms. The molecule has 4 nitrogen and oxygen atoms in total. The van der Waals surface area contributed by atoms with Gasteiger partial charge in [-0.25, -0.2) is 4.98 Å². The molecule has 1 atom stereocenters. The van der Waals surface area contributed by atoms with Crippen LogP contribution in [0.25, 0.3) is 10.9 Å². The smallest absolute Gasteiger partial charge is 0.270 e. The van der Waals surface area contributed by atoms with Crippen molar-refractivity contribution in [2.45, 2.75) is 25.3 Å². The number of pyridine rings is 1. The molecule has 0 aliphatic heterocycles. The highest BCUT2D eigenvalue weighted by Crippen LogP contribution is 2.39. The van der Waals surface area contributed by atoms with E-state index in [1.54, 1.807) is 18.2 Å². The molecular formula is C16H17ClN2O2. The van der Waals surface area contributed by atoms with Crippen molar-refractivity contribution in [3.63, 3.8) is 0 Å². The van der Waals surface area contributed by atoms with Gasteiger partial charge in [0.2, 0.25) is 0 Å². The van der Waals surface area contributed by atoms with Crippen LogP contribution in [0, 0.1) is 5.92 Å². The van der Waals surface area contributed by atoms with Crippen LogP contribution in [-0.2, 0) is 0 Å². The van der Waals surface area contributed by atoms with E-state index in [2.05, 4.69) is 10.3 Å². The molecule has 1 aromatic heterocycles. The minimum atomic E-state index is -0.567. The molecule has 1 saturated carbocycles. The van der Waals surface area contributed by atoms with Crippen LogP contribution in [0.4, 0.5) is 0 Å². The largest absolute Gasteiger partial charge is 0.394 e. The van der Waals surface area contributed by atoms with E-state index < -0.39 is 5.54 Å². The van der Waals surface area contributed by atoms with Crippen molar-refractivity contribution < 1.29 is 9.90 Å². The third-order valence-electron chi connectivity index (χ3n) is 4.09. The van der Waals surface area contributed by atoms with Crippen LogP contribution in [0.2, 0.25) is 5.02 Å². The molecule has 0 saturated heterocycles. The SMILES string of the molecule is CC(CO)(NC(=O)c1ccc2ccc(Cl)cc2n1)C1CC1. The summed E-state index contributed by atoms with van der Waals surface area (Å²) >= 11 is 5.96. The maximum absolute atomic E-state index is 12.4. The van der Waals surface area contributed by atoms with Gasteiger partial charge in [-0.2, -0.15) is 0 Å². The van der Waals surface area contributed by atoms with Crippen molar-refractivity contribution in [2.75, 3.05) is 6.61 Å². The zero-order valence-corrected chi connectivity index (χ0v) is 12.5. The number of rotatable bonds is 4. The second kappa shape index (κ2) is 5.28. The molecule has 110 valence electrons. The van der Waals surface area contributed by atoms with E-state index in [0.717, 1.165) is 18.2 Å². The first-order valence-electron chi connectivity index (χ1n) is 7.01. The van der Waals surface area contributed by atoms with Crippen LogP contribution in [-0.4, -0.2) is 28.1 Å². The van der Waals surface area contributed by atoms with Crippen LogP contribution in [0.3, 0.4) is 0 Å². The van der Waals surface area contributed by atoms with E-state index in [1.165, 1.54) is 0 Å². The maximum Gasteiger partial charge on any atom is 0.270 e. The summed E-state index contributed by atoms with van der Waals surface area (Å²) in [7, 11) is 0. The number of carbonyl (C=O) groups excluding carboxylic acids is 1. The average Bonchev–Trinajstić information content (AvgIpc) is 3.31. The minimum absolute atomic E-state index is 0.0667. The standard InChI is InChI=1S/C16H17ClN2O2/c1-16(9-20,11-4-5-11)19-15(21)13-7-3-10-2-6-12(17)8-14(10)18-13/h2-3,6-8,11,20H,4-5,9H2,1H3,(H,19,21). The number of nitrogens with one attached hydrogen (secondary N) is 1. The average molecular weight is 305 g/mol. The van der Waals surface area contributed by atoms with E-state index in [-0.39, 0.29) is 12.5 Å². The van der Waals surface area contributed by atoms with Crippen molar-refractivity contribution in [1.29, 1.82) is 0 Å². The summed E-state index contributed by atoms with van der Waals surface area (Å²) in [6, 6.07) is 8.94. The van der Waals surface area contributed by atoms with Crippen molar-refractivity contribution in [3.8, 4) is 0 Å². The summed E-state index contributed by atoms with van der Waals surface area (Å²) in [4.78, 5) is 16.7. The fraction of sp³-hybridized carbons (Fsp3) is 0.375. The number of fused-ring (bicyclic) bond motifs is 1. The molecule has 21 heavy (non-hydrogen) atoms. The summed E-state index contributed by atoms with van der Waals surface area (Å²) in [5.74, 6) is 0.0849. The molecule has 0 bridgehead atoms. The molecule has 1 fully saturated rings. The van der Waals surface area contributed by atoms with Gasteiger partial charge in [0, 0.05) is 10.4 Å². The van der Waals surface area contributed by atoms with Gasteiger partial charge in [0.15, 0.2) is 0 Å². The van der Waals surface area contributed by atoms with Crippen LogP contribution >= 0.6 is 11.6 Å². The molecule has 1 aliphatic rings. The zero-order chi connectivity index (χ0) is 15.0. The molecule has 1 aliphatic carbocycles. The fourth-order valence-corrected chi connectivity index (χ4v) is 2.70. The van der Waals surface area contributed by atoms with Crippen molar-refractivity contribution in [2.24, 2.45) is 5.92 Å². The Labute approximate surface area is 128 Å². The first-order valence-corrected chi connectivity index (χ1v) is 7.39. The number of aromatic nitrogens is 1. The highest BCUT2D eigenvalue weighted by atomic mass is 35.5. The van der Waals surface area contributed by atoms with E-state index in [4.69, 9.17) is 11.6 Å². The molecule has 1 unspecified atom stereocenters. The number of aliphatic hydroxyl groups is 1. The molecular weight excluding hydrogens is 288 g/mol. The Morgan fingerprint density at radius 1 is 1.43 bits per heavy atom. The number of halogens is 1. The van der Waals surface area contributed by atoms with Gasteiger partial charge in [-0.15, -0.1) is 0 Å². The number of benzene rings is 1. The summed E-state index contributed by atoms with van der Waals surface area (Å²) in [6.45, 7) is 1.81.